The number of carbonyl (C=O) groups excluding carboxylic acids is 1. The fourth-order valence-corrected chi connectivity index (χ4v) is 3.03. The fraction of sp³-hybridized carbons (Fsp3) is 0.348. The van der Waals surface area contributed by atoms with Gasteiger partial charge in [0.25, 0.3) is 0 Å². The molecule has 0 aliphatic heterocycles. The second-order valence-corrected chi connectivity index (χ2v) is 7.27. The molecule has 2 amide bonds. The van der Waals surface area contributed by atoms with Crippen molar-refractivity contribution in [3.8, 4) is 11.5 Å². The number of rotatable bonds is 8. The third kappa shape index (κ3) is 5.28. The smallest absolute Gasteiger partial charge is 0.315 e. The Bertz CT molecular complexity index is 843. The van der Waals surface area contributed by atoms with Crippen LogP contribution in [0.4, 0.5) is 4.79 Å². The molecule has 0 radical (unpaired) electrons. The SMILES string of the molecule is C=C(C)c1cccc(C(C)(C)NC(=O)NCCc2cccc(OC)c2OC)c1. The van der Waals surface area contributed by atoms with Gasteiger partial charge in [0.2, 0.25) is 0 Å². The number of hydrogen-bond acceptors (Lipinski definition) is 3. The quantitative estimate of drug-likeness (QED) is 0.706. The highest BCUT2D eigenvalue weighted by molar-refractivity contribution is 5.75. The van der Waals surface area contributed by atoms with Crippen LogP contribution in [0.1, 0.15) is 37.5 Å². The molecular formula is C23H30N2O3. The molecule has 150 valence electrons. The van der Waals surface area contributed by atoms with Gasteiger partial charge in [-0.1, -0.05) is 42.5 Å². The topological polar surface area (TPSA) is 59.6 Å². The van der Waals surface area contributed by atoms with E-state index in [1.807, 2.05) is 57.2 Å². The molecule has 28 heavy (non-hydrogen) atoms. The number of ether oxygens (including phenoxy) is 2. The average Bonchev–Trinajstić information content (AvgIpc) is 2.67. The lowest BCUT2D eigenvalue weighted by atomic mass is 9.92. The Morgan fingerprint density at radius 2 is 1.82 bits per heavy atom. The Balaban J connectivity index is 1.97. The summed E-state index contributed by atoms with van der Waals surface area (Å²) in [5, 5.41) is 5.96. The number of nitrogens with one attached hydrogen (secondary N) is 2. The molecule has 0 bridgehead atoms. The Morgan fingerprint density at radius 3 is 2.46 bits per heavy atom. The highest BCUT2D eigenvalue weighted by atomic mass is 16.5. The molecule has 0 aromatic heterocycles. The molecule has 5 heteroatoms. The van der Waals surface area contributed by atoms with E-state index in [-0.39, 0.29) is 6.03 Å². The van der Waals surface area contributed by atoms with E-state index in [4.69, 9.17) is 9.47 Å². The number of urea groups is 1. The van der Waals surface area contributed by atoms with Crippen LogP contribution in [0.15, 0.2) is 49.0 Å². The second kappa shape index (κ2) is 9.31. The molecular weight excluding hydrogens is 352 g/mol. The molecule has 2 aromatic carbocycles. The zero-order chi connectivity index (χ0) is 20.7. The Hall–Kier alpha value is -2.95. The van der Waals surface area contributed by atoms with Crippen LogP contribution in [-0.4, -0.2) is 26.8 Å². The van der Waals surface area contributed by atoms with E-state index < -0.39 is 5.54 Å². The maximum absolute atomic E-state index is 12.4. The van der Waals surface area contributed by atoms with E-state index in [0.29, 0.717) is 24.5 Å². The van der Waals surface area contributed by atoms with Gasteiger partial charge in [-0.25, -0.2) is 4.79 Å². The first-order chi connectivity index (χ1) is 13.3. The molecule has 2 N–H and O–H groups in total. The minimum Gasteiger partial charge on any atom is -0.493 e. The first-order valence-corrected chi connectivity index (χ1v) is 9.30. The minimum absolute atomic E-state index is 0.215. The zero-order valence-corrected chi connectivity index (χ0v) is 17.4. The third-order valence-electron chi connectivity index (χ3n) is 4.67. The normalized spacial score (nSPS) is 10.9. The number of hydrogen-bond donors (Lipinski definition) is 2. The van der Waals surface area contributed by atoms with Crippen molar-refractivity contribution in [2.75, 3.05) is 20.8 Å². The maximum Gasteiger partial charge on any atom is 0.315 e. The average molecular weight is 383 g/mol. The van der Waals surface area contributed by atoms with Gasteiger partial charge >= 0.3 is 6.03 Å². The van der Waals surface area contributed by atoms with E-state index in [9.17, 15) is 4.79 Å². The summed E-state index contributed by atoms with van der Waals surface area (Å²) in [4.78, 5) is 12.4. The summed E-state index contributed by atoms with van der Waals surface area (Å²) >= 11 is 0. The predicted molar refractivity (Wildman–Crippen MR) is 114 cm³/mol. The Labute approximate surface area is 167 Å². The van der Waals surface area contributed by atoms with Crippen molar-refractivity contribution >= 4 is 11.6 Å². The molecule has 0 heterocycles. The van der Waals surface area contributed by atoms with E-state index in [1.54, 1.807) is 14.2 Å². The maximum atomic E-state index is 12.4. The van der Waals surface area contributed by atoms with Gasteiger partial charge in [-0.15, -0.1) is 0 Å². The van der Waals surface area contributed by atoms with E-state index in [0.717, 1.165) is 22.3 Å². The van der Waals surface area contributed by atoms with Crippen molar-refractivity contribution in [2.45, 2.75) is 32.7 Å². The van der Waals surface area contributed by atoms with Crippen LogP contribution in [-0.2, 0) is 12.0 Å². The molecule has 0 aliphatic rings. The molecule has 0 saturated carbocycles. The van der Waals surface area contributed by atoms with E-state index in [1.165, 1.54) is 0 Å². The molecule has 5 nitrogen and oxygen atoms in total. The first kappa shape index (κ1) is 21.4. The van der Waals surface area contributed by atoms with Crippen molar-refractivity contribution in [1.29, 1.82) is 0 Å². The molecule has 0 saturated heterocycles. The highest BCUT2D eigenvalue weighted by Crippen LogP contribution is 2.30. The van der Waals surface area contributed by atoms with E-state index >= 15 is 0 Å². The summed E-state index contributed by atoms with van der Waals surface area (Å²) in [6.45, 7) is 10.4. The number of amides is 2. The van der Waals surface area contributed by atoms with Gasteiger partial charge in [0.15, 0.2) is 11.5 Å². The third-order valence-corrected chi connectivity index (χ3v) is 4.67. The minimum atomic E-state index is -0.511. The molecule has 0 spiro atoms. The van der Waals surface area contributed by atoms with Gasteiger partial charge in [0.1, 0.15) is 0 Å². The van der Waals surface area contributed by atoms with Crippen molar-refractivity contribution in [2.24, 2.45) is 0 Å². The standard InChI is InChI=1S/C23H30N2O3/c1-16(2)18-10-7-11-19(15-18)23(3,4)25-22(26)24-14-13-17-9-8-12-20(27-5)21(17)28-6/h7-12,15H,1,13-14H2,2-6H3,(H2,24,25,26). The van der Waals surface area contributed by atoms with Gasteiger partial charge in [-0.3, -0.25) is 0 Å². The summed E-state index contributed by atoms with van der Waals surface area (Å²) in [6.07, 6.45) is 0.638. The number of para-hydroxylation sites is 1. The summed E-state index contributed by atoms with van der Waals surface area (Å²) in [7, 11) is 3.22. The zero-order valence-electron chi connectivity index (χ0n) is 17.4. The van der Waals surface area contributed by atoms with Gasteiger partial charge in [-0.2, -0.15) is 0 Å². The second-order valence-electron chi connectivity index (χ2n) is 7.27. The number of methoxy groups -OCH3 is 2. The fourth-order valence-electron chi connectivity index (χ4n) is 3.03. The number of allylic oxidation sites excluding steroid dienone is 1. The lowest BCUT2D eigenvalue weighted by molar-refractivity contribution is 0.230. The largest absolute Gasteiger partial charge is 0.493 e. The van der Waals surface area contributed by atoms with Crippen molar-refractivity contribution < 1.29 is 14.3 Å². The lowest BCUT2D eigenvalue weighted by Gasteiger charge is -2.27. The number of carbonyl (C=O) groups is 1. The Morgan fingerprint density at radius 1 is 1.11 bits per heavy atom. The van der Waals surface area contributed by atoms with Gasteiger partial charge in [0.05, 0.1) is 19.8 Å². The summed E-state index contributed by atoms with van der Waals surface area (Å²) in [5.41, 5.74) is 3.56. The predicted octanol–water partition coefficient (Wildman–Crippen LogP) is 4.51. The van der Waals surface area contributed by atoms with Crippen LogP contribution in [0.2, 0.25) is 0 Å². The molecule has 2 rings (SSSR count). The molecule has 0 fully saturated rings. The summed E-state index contributed by atoms with van der Waals surface area (Å²) in [5.74, 6) is 1.38. The number of benzene rings is 2. The van der Waals surface area contributed by atoms with Crippen LogP contribution in [0.3, 0.4) is 0 Å². The first-order valence-electron chi connectivity index (χ1n) is 9.30. The van der Waals surface area contributed by atoms with E-state index in [2.05, 4.69) is 23.3 Å². The molecule has 0 atom stereocenters. The van der Waals surface area contributed by atoms with Crippen molar-refractivity contribution in [1.82, 2.24) is 10.6 Å². The van der Waals surface area contributed by atoms with Crippen LogP contribution in [0.5, 0.6) is 11.5 Å². The molecule has 2 aromatic rings. The molecule has 0 unspecified atom stereocenters. The summed E-state index contributed by atoms with van der Waals surface area (Å²) in [6, 6.07) is 13.6. The summed E-state index contributed by atoms with van der Waals surface area (Å²) < 4.78 is 10.7. The monoisotopic (exact) mass is 382 g/mol. The van der Waals surface area contributed by atoms with Crippen molar-refractivity contribution in [3.05, 3.63) is 65.7 Å². The van der Waals surface area contributed by atoms with Crippen LogP contribution in [0, 0.1) is 0 Å². The van der Waals surface area contributed by atoms with Crippen LogP contribution < -0.4 is 20.1 Å². The molecule has 0 aliphatic carbocycles. The van der Waals surface area contributed by atoms with Gasteiger partial charge < -0.3 is 20.1 Å². The van der Waals surface area contributed by atoms with Gasteiger partial charge in [-0.05, 0) is 56.0 Å². The van der Waals surface area contributed by atoms with Crippen molar-refractivity contribution in [3.63, 3.8) is 0 Å². The van der Waals surface area contributed by atoms with Crippen LogP contribution >= 0.6 is 0 Å². The Kier molecular flexibility index (Phi) is 7.10. The van der Waals surface area contributed by atoms with Crippen LogP contribution in [0.25, 0.3) is 5.57 Å². The lowest BCUT2D eigenvalue weighted by Crippen LogP contribution is -2.46. The van der Waals surface area contributed by atoms with Gasteiger partial charge in [0, 0.05) is 6.54 Å². The highest BCUT2D eigenvalue weighted by Gasteiger charge is 2.23.